The Hall–Kier alpha value is -1.10. The van der Waals surface area contributed by atoms with Gasteiger partial charge in [0.1, 0.15) is 5.82 Å². The van der Waals surface area contributed by atoms with Gasteiger partial charge in [-0.3, -0.25) is 4.79 Å². The molecule has 76 valence electrons. The molecule has 0 fully saturated rings. The Morgan fingerprint density at radius 2 is 2.14 bits per heavy atom. The van der Waals surface area contributed by atoms with Gasteiger partial charge in [0, 0.05) is 23.0 Å². The maximum atomic E-state index is 10.8. The summed E-state index contributed by atoms with van der Waals surface area (Å²) >= 11 is 1.55. The summed E-state index contributed by atoms with van der Waals surface area (Å²) in [6.07, 6.45) is 3.92. The van der Waals surface area contributed by atoms with Crippen LogP contribution in [0.4, 0.5) is 0 Å². The second-order valence-electron chi connectivity index (χ2n) is 2.64. The Bertz CT molecular complexity index is 300. The van der Waals surface area contributed by atoms with E-state index in [0.717, 1.165) is 10.7 Å². The maximum absolute atomic E-state index is 10.8. The fourth-order valence-corrected chi connectivity index (χ4v) is 1.57. The van der Waals surface area contributed by atoms with Crippen molar-refractivity contribution >= 4 is 17.7 Å². The van der Waals surface area contributed by atoms with E-state index in [-0.39, 0.29) is 5.97 Å². The number of aryl methyl sites for hydroxylation is 1. The van der Waals surface area contributed by atoms with Crippen molar-refractivity contribution in [2.24, 2.45) is 0 Å². The monoisotopic (exact) mass is 212 g/mol. The van der Waals surface area contributed by atoms with Crippen molar-refractivity contribution in [3.05, 3.63) is 18.2 Å². The van der Waals surface area contributed by atoms with Gasteiger partial charge in [-0.1, -0.05) is 0 Å². The Labute approximate surface area is 87.1 Å². The Kier molecular flexibility index (Phi) is 4.39. The lowest BCUT2D eigenvalue weighted by atomic mass is 10.5. The van der Waals surface area contributed by atoms with Crippen molar-refractivity contribution in [1.82, 2.24) is 9.97 Å². The minimum absolute atomic E-state index is 0.189. The third-order valence-electron chi connectivity index (χ3n) is 1.56. The van der Waals surface area contributed by atoms with Crippen LogP contribution in [0.25, 0.3) is 0 Å². The van der Waals surface area contributed by atoms with Gasteiger partial charge in [0.2, 0.25) is 0 Å². The first kappa shape index (κ1) is 11.0. The normalized spacial score (nSPS) is 9.86. The van der Waals surface area contributed by atoms with Crippen molar-refractivity contribution in [1.29, 1.82) is 0 Å². The van der Waals surface area contributed by atoms with E-state index in [4.69, 9.17) is 0 Å². The van der Waals surface area contributed by atoms with Gasteiger partial charge in [0.05, 0.1) is 13.5 Å². The molecule has 0 aliphatic carbocycles. The molecule has 0 aliphatic heterocycles. The number of ether oxygens (including phenoxy) is 1. The number of hydrogen-bond acceptors (Lipinski definition) is 5. The van der Waals surface area contributed by atoms with E-state index in [9.17, 15) is 4.79 Å². The molecule has 0 unspecified atom stereocenters. The minimum Gasteiger partial charge on any atom is -0.469 e. The predicted octanol–water partition coefficient (Wildman–Crippen LogP) is 1.44. The molecule has 5 heteroatoms. The molecule has 1 rings (SSSR count). The Morgan fingerprint density at radius 3 is 2.71 bits per heavy atom. The fraction of sp³-hybridized carbons (Fsp3) is 0.444. The van der Waals surface area contributed by atoms with E-state index in [1.807, 2.05) is 6.92 Å². The molecular weight excluding hydrogens is 200 g/mol. The molecule has 1 heterocycles. The molecule has 1 aromatic heterocycles. The highest BCUT2D eigenvalue weighted by Gasteiger charge is 2.01. The van der Waals surface area contributed by atoms with Crippen LogP contribution < -0.4 is 0 Å². The molecule has 0 N–H and O–H groups in total. The molecule has 1 aromatic rings. The third-order valence-corrected chi connectivity index (χ3v) is 2.51. The van der Waals surface area contributed by atoms with Crippen LogP contribution in [0.5, 0.6) is 0 Å². The highest BCUT2D eigenvalue weighted by atomic mass is 32.2. The van der Waals surface area contributed by atoms with Gasteiger partial charge >= 0.3 is 5.97 Å². The summed E-state index contributed by atoms with van der Waals surface area (Å²) in [5.41, 5.74) is 0. The topological polar surface area (TPSA) is 52.1 Å². The number of nitrogens with zero attached hydrogens (tertiary/aromatic N) is 2. The molecule has 0 amide bonds. The molecule has 0 saturated heterocycles. The van der Waals surface area contributed by atoms with Crippen molar-refractivity contribution in [2.75, 3.05) is 12.9 Å². The van der Waals surface area contributed by atoms with E-state index >= 15 is 0 Å². The first-order valence-corrected chi connectivity index (χ1v) is 5.19. The third kappa shape index (κ3) is 3.74. The van der Waals surface area contributed by atoms with E-state index in [2.05, 4.69) is 14.7 Å². The van der Waals surface area contributed by atoms with Gasteiger partial charge < -0.3 is 4.74 Å². The number of methoxy groups -OCH3 is 1. The second kappa shape index (κ2) is 5.59. The average molecular weight is 212 g/mol. The first-order valence-electron chi connectivity index (χ1n) is 4.20. The van der Waals surface area contributed by atoms with E-state index < -0.39 is 0 Å². The SMILES string of the molecule is COC(=O)CCSc1cnc(C)nc1. The highest BCUT2D eigenvalue weighted by Crippen LogP contribution is 2.16. The number of aromatic nitrogens is 2. The summed E-state index contributed by atoms with van der Waals surface area (Å²) in [5.74, 6) is 1.26. The van der Waals surface area contributed by atoms with Crippen LogP contribution in [0.3, 0.4) is 0 Å². The average Bonchev–Trinajstić information content (AvgIpc) is 2.21. The summed E-state index contributed by atoms with van der Waals surface area (Å²) in [6, 6.07) is 0. The smallest absolute Gasteiger partial charge is 0.306 e. The minimum atomic E-state index is -0.189. The fourth-order valence-electron chi connectivity index (χ4n) is 0.810. The summed E-state index contributed by atoms with van der Waals surface area (Å²) < 4.78 is 4.52. The number of carbonyl (C=O) groups is 1. The van der Waals surface area contributed by atoms with E-state index in [0.29, 0.717) is 12.2 Å². The standard InChI is InChI=1S/C9H12N2O2S/c1-7-10-5-8(6-11-7)14-4-3-9(12)13-2/h5-6H,3-4H2,1-2H3. The quantitative estimate of drug-likeness (QED) is 0.558. The molecule has 0 saturated carbocycles. The van der Waals surface area contributed by atoms with Gasteiger partial charge in [-0.05, 0) is 6.92 Å². The van der Waals surface area contributed by atoms with Crippen LogP contribution in [0.15, 0.2) is 17.3 Å². The van der Waals surface area contributed by atoms with Gasteiger partial charge in [0.25, 0.3) is 0 Å². The maximum Gasteiger partial charge on any atom is 0.306 e. The predicted molar refractivity (Wildman–Crippen MR) is 54.1 cm³/mol. The summed E-state index contributed by atoms with van der Waals surface area (Å²) in [6.45, 7) is 1.84. The number of esters is 1. The lowest BCUT2D eigenvalue weighted by Gasteiger charge is -2.00. The molecule has 4 nitrogen and oxygen atoms in total. The van der Waals surface area contributed by atoms with Crippen molar-refractivity contribution in [3.63, 3.8) is 0 Å². The molecular formula is C9H12N2O2S. The summed E-state index contributed by atoms with van der Waals surface area (Å²) in [4.78, 5) is 19.9. The largest absolute Gasteiger partial charge is 0.469 e. The van der Waals surface area contributed by atoms with Crippen LogP contribution in [0, 0.1) is 6.92 Å². The van der Waals surface area contributed by atoms with Gasteiger partial charge in [-0.15, -0.1) is 11.8 Å². The zero-order valence-electron chi connectivity index (χ0n) is 8.19. The zero-order valence-corrected chi connectivity index (χ0v) is 9.00. The zero-order chi connectivity index (χ0) is 10.4. The Morgan fingerprint density at radius 1 is 1.50 bits per heavy atom. The van der Waals surface area contributed by atoms with Gasteiger partial charge in [-0.25, -0.2) is 9.97 Å². The van der Waals surface area contributed by atoms with Gasteiger partial charge in [0.15, 0.2) is 0 Å². The van der Waals surface area contributed by atoms with Crippen LogP contribution in [-0.2, 0) is 9.53 Å². The van der Waals surface area contributed by atoms with E-state index in [1.165, 1.54) is 7.11 Å². The van der Waals surface area contributed by atoms with Crippen LogP contribution >= 0.6 is 11.8 Å². The van der Waals surface area contributed by atoms with Gasteiger partial charge in [-0.2, -0.15) is 0 Å². The van der Waals surface area contributed by atoms with Crippen molar-refractivity contribution in [3.8, 4) is 0 Å². The van der Waals surface area contributed by atoms with E-state index in [1.54, 1.807) is 24.2 Å². The lowest BCUT2D eigenvalue weighted by Crippen LogP contribution is -2.01. The number of thioether (sulfide) groups is 1. The molecule has 0 atom stereocenters. The molecule has 0 spiro atoms. The molecule has 0 aromatic carbocycles. The Balaban J connectivity index is 2.31. The van der Waals surface area contributed by atoms with Crippen molar-refractivity contribution in [2.45, 2.75) is 18.2 Å². The highest BCUT2D eigenvalue weighted by molar-refractivity contribution is 7.99. The van der Waals surface area contributed by atoms with Crippen molar-refractivity contribution < 1.29 is 9.53 Å². The number of hydrogen-bond donors (Lipinski definition) is 0. The van der Waals surface area contributed by atoms with Crippen LogP contribution in [0.1, 0.15) is 12.2 Å². The van der Waals surface area contributed by atoms with Crippen LogP contribution in [0.2, 0.25) is 0 Å². The number of rotatable bonds is 4. The lowest BCUT2D eigenvalue weighted by molar-refractivity contribution is -0.140. The number of carbonyl (C=O) groups excluding carboxylic acids is 1. The molecule has 0 bridgehead atoms. The first-order chi connectivity index (χ1) is 6.72. The molecule has 0 aliphatic rings. The van der Waals surface area contributed by atoms with Crippen LogP contribution in [-0.4, -0.2) is 28.8 Å². The molecule has 0 radical (unpaired) electrons. The molecule has 14 heavy (non-hydrogen) atoms. The summed E-state index contributed by atoms with van der Waals surface area (Å²) in [7, 11) is 1.39. The summed E-state index contributed by atoms with van der Waals surface area (Å²) in [5, 5.41) is 0. The second-order valence-corrected chi connectivity index (χ2v) is 3.81.